The number of hydrogen-bond donors (Lipinski definition) is 0. The van der Waals surface area contributed by atoms with Gasteiger partial charge in [-0.05, 0) is 24.8 Å². The van der Waals surface area contributed by atoms with Crippen LogP contribution in [0.15, 0.2) is 16.8 Å². The summed E-state index contributed by atoms with van der Waals surface area (Å²) < 4.78 is 0. The molecule has 0 aromatic carbocycles. The summed E-state index contributed by atoms with van der Waals surface area (Å²) in [5, 5.41) is 5.49. The molecule has 2 heterocycles. The SMILES string of the molecule is CCc1nc(-c2ccsc2)c(C)s1. The van der Waals surface area contributed by atoms with Crippen molar-refractivity contribution in [3.05, 3.63) is 26.7 Å². The molecule has 0 aliphatic carbocycles. The van der Waals surface area contributed by atoms with Crippen LogP contribution in [0.4, 0.5) is 0 Å². The summed E-state index contributed by atoms with van der Waals surface area (Å²) in [6.45, 7) is 4.29. The number of aromatic nitrogens is 1. The van der Waals surface area contributed by atoms with E-state index in [9.17, 15) is 0 Å². The summed E-state index contributed by atoms with van der Waals surface area (Å²) >= 11 is 3.53. The molecule has 0 spiro atoms. The summed E-state index contributed by atoms with van der Waals surface area (Å²) in [5.74, 6) is 0. The van der Waals surface area contributed by atoms with Gasteiger partial charge in [-0.3, -0.25) is 0 Å². The fraction of sp³-hybridized carbons (Fsp3) is 0.300. The quantitative estimate of drug-likeness (QED) is 0.734. The van der Waals surface area contributed by atoms with E-state index < -0.39 is 0 Å². The van der Waals surface area contributed by atoms with Gasteiger partial charge in [0, 0.05) is 15.8 Å². The molecular weight excluding hydrogens is 198 g/mol. The van der Waals surface area contributed by atoms with E-state index in [2.05, 4.69) is 35.7 Å². The molecule has 0 unspecified atom stereocenters. The summed E-state index contributed by atoms with van der Waals surface area (Å²) in [6, 6.07) is 2.13. The summed E-state index contributed by atoms with van der Waals surface area (Å²) in [6.07, 6.45) is 1.04. The standard InChI is InChI=1S/C10H11NS2/c1-3-9-11-10(7(2)13-9)8-4-5-12-6-8/h4-6H,3H2,1-2H3. The Balaban J connectivity index is 2.46. The monoisotopic (exact) mass is 209 g/mol. The third-order valence-corrected chi connectivity index (χ3v) is 3.74. The minimum Gasteiger partial charge on any atom is -0.241 e. The Bertz CT molecular complexity index is 387. The zero-order valence-corrected chi connectivity index (χ0v) is 9.34. The van der Waals surface area contributed by atoms with Crippen LogP contribution in [-0.4, -0.2) is 4.98 Å². The van der Waals surface area contributed by atoms with Crippen molar-refractivity contribution in [3.8, 4) is 11.3 Å². The molecule has 13 heavy (non-hydrogen) atoms. The maximum absolute atomic E-state index is 4.60. The van der Waals surface area contributed by atoms with Gasteiger partial charge in [-0.1, -0.05) is 6.92 Å². The average molecular weight is 209 g/mol. The number of nitrogens with zero attached hydrogens (tertiary/aromatic N) is 1. The van der Waals surface area contributed by atoms with Crippen molar-refractivity contribution in [1.29, 1.82) is 0 Å². The van der Waals surface area contributed by atoms with Crippen molar-refractivity contribution in [2.75, 3.05) is 0 Å². The molecule has 0 radical (unpaired) electrons. The van der Waals surface area contributed by atoms with Crippen LogP contribution in [0.25, 0.3) is 11.3 Å². The van der Waals surface area contributed by atoms with Crippen molar-refractivity contribution >= 4 is 22.7 Å². The van der Waals surface area contributed by atoms with E-state index in [0.717, 1.165) is 6.42 Å². The summed E-state index contributed by atoms with van der Waals surface area (Å²) in [4.78, 5) is 5.92. The number of rotatable bonds is 2. The fourth-order valence-electron chi connectivity index (χ4n) is 1.27. The number of aryl methyl sites for hydroxylation is 2. The first kappa shape index (κ1) is 8.91. The molecule has 0 aliphatic heterocycles. The van der Waals surface area contributed by atoms with Crippen LogP contribution in [0.5, 0.6) is 0 Å². The zero-order chi connectivity index (χ0) is 9.26. The van der Waals surface area contributed by atoms with E-state index in [-0.39, 0.29) is 0 Å². The lowest BCUT2D eigenvalue weighted by atomic mass is 10.2. The number of thiophene rings is 1. The third kappa shape index (κ3) is 1.67. The maximum Gasteiger partial charge on any atom is 0.0932 e. The fourth-order valence-corrected chi connectivity index (χ4v) is 2.80. The molecule has 1 nitrogen and oxygen atoms in total. The zero-order valence-electron chi connectivity index (χ0n) is 7.70. The highest BCUT2D eigenvalue weighted by atomic mass is 32.1. The Labute approximate surface area is 86.1 Å². The molecule has 2 aromatic heterocycles. The van der Waals surface area contributed by atoms with Gasteiger partial charge in [0.05, 0.1) is 10.7 Å². The van der Waals surface area contributed by atoms with Gasteiger partial charge in [0.15, 0.2) is 0 Å². The lowest BCUT2D eigenvalue weighted by Gasteiger charge is -1.90. The second-order valence-corrected chi connectivity index (χ2v) is 4.95. The number of thiazole rings is 1. The van der Waals surface area contributed by atoms with Gasteiger partial charge < -0.3 is 0 Å². The molecule has 0 fully saturated rings. The van der Waals surface area contributed by atoms with Crippen molar-refractivity contribution in [2.45, 2.75) is 20.3 Å². The van der Waals surface area contributed by atoms with Crippen LogP contribution in [0, 0.1) is 6.92 Å². The largest absolute Gasteiger partial charge is 0.241 e. The van der Waals surface area contributed by atoms with Crippen LogP contribution in [-0.2, 0) is 6.42 Å². The van der Waals surface area contributed by atoms with Crippen molar-refractivity contribution in [1.82, 2.24) is 4.98 Å². The van der Waals surface area contributed by atoms with Gasteiger partial charge >= 0.3 is 0 Å². The molecule has 0 amide bonds. The highest BCUT2D eigenvalue weighted by Gasteiger charge is 2.08. The Kier molecular flexibility index (Phi) is 2.47. The Morgan fingerprint density at radius 3 is 2.85 bits per heavy atom. The van der Waals surface area contributed by atoms with Crippen LogP contribution in [0.1, 0.15) is 16.8 Å². The normalized spacial score (nSPS) is 10.6. The molecule has 2 aromatic rings. The molecule has 0 atom stereocenters. The lowest BCUT2D eigenvalue weighted by Crippen LogP contribution is -1.78. The molecule has 2 rings (SSSR count). The second-order valence-electron chi connectivity index (χ2n) is 2.88. The highest BCUT2D eigenvalue weighted by Crippen LogP contribution is 2.28. The minimum absolute atomic E-state index is 1.04. The molecule has 0 aliphatic rings. The Morgan fingerprint density at radius 1 is 1.46 bits per heavy atom. The van der Waals surface area contributed by atoms with Gasteiger partial charge in [-0.2, -0.15) is 11.3 Å². The van der Waals surface area contributed by atoms with E-state index in [0.29, 0.717) is 0 Å². The summed E-state index contributed by atoms with van der Waals surface area (Å²) in [7, 11) is 0. The Morgan fingerprint density at radius 2 is 2.31 bits per heavy atom. The maximum atomic E-state index is 4.60. The first-order valence-corrected chi connectivity index (χ1v) is 6.06. The third-order valence-electron chi connectivity index (χ3n) is 1.94. The highest BCUT2D eigenvalue weighted by molar-refractivity contribution is 7.12. The second kappa shape index (κ2) is 3.60. The first-order valence-electron chi connectivity index (χ1n) is 4.30. The van der Waals surface area contributed by atoms with Gasteiger partial charge in [0.2, 0.25) is 0 Å². The smallest absolute Gasteiger partial charge is 0.0932 e. The van der Waals surface area contributed by atoms with Crippen molar-refractivity contribution < 1.29 is 0 Å². The van der Waals surface area contributed by atoms with E-state index in [4.69, 9.17) is 0 Å². The van der Waals surface area contributed by atoms with Gasteiger partial charge in [0.25, 0.3) is 0 Å². The van der Waals surface area contributed by atoms with Gasteiger partial charge in [-0.25, -0.2) is 4.98 Å². The van der Waals surface area contributed by atoms with Gasteiger partial charge in [-0.15, -0.1) is 11.3 Å². The van der Waals surface area contributed by atoms with E-state index in [1.54, 1.807) is 22.7 Å². The van der Waals surface area contributed by atoms with E-state index in [1.165, 1.54) is 21.1 Å². The molecule has 0 N–H and O–H groups in total. The predicted octanol–water partition coefficient (Wildman–Crippen LogP) is 3.74. The molecule has 68 valence electrons. The molecule has 0 saturated carbocycles. The lowest BCUT2D eigenvalue weighted by molar-refractivity contribution is 1.10. The predicted molar refractivity (Wildman–Crippen MR) is 59.5 cm³/mol. The van der Waals surface area contributed by atoms with Crippen LogP contribution >= 0.6 is 22.7 Å². The van der Waals surface area contributed by atoms with Gasteiger partial charge in [0.1, 0.15) is 0 Å². The van der Waals surface area contributed by atoms with Crippen LogP contribution < -0.4 is 0 Å². The average Bonchev–Trinajstić information content (AvgIpc) is 2.72. The first-order chi connectivity index (χ1) is 6.31. The molecule has 0 bridgehead atoms. The van der Waals surface area contributed by atoms with Crippen LogP contribution in [0.2, 0.25) is 0 Å². The molecule has 3 heteroatoms. The van der Waals surface area contributed by atoms with E-state index >= 15 is 0 Å². The molecular formula is C10H11NS2. The topological polar surface area (TPSA) is 12.9 Å². The van der Waals surface area contributed by atoms with E-state index in [1.807, 2.05) is 0 Å². The van der Waals surface area contributed by atoms with Crippen molar-refractivity contribution in [2.24, 2.45) is 0 Å². The van der Waals surface area contributed by atoms with Crippen molar-refractivity contribution in [3.63, 3.8) is 0 Å². The summed E-state index contributed by atoms with van der Waals surface area (Å²) in [5.41, 5.74) is 2.43. The Hall–Kier alpha value is -0.670. The number of hydrogen-bond acceptors (Lipinski definition) is 3. The molecule has 0 saturated heterocycles. The van der Waals surface area contributed by atoms with Crippen LogP contribution in [0.3, 0.4) is 0 Å². The minimum atomic E-state index is 1.04.